The van der Waals surface area contributed by atoms with E-state index in [2.05, 4.69) is 5.92 Å². The van der Waals surface area contributed by atoms with Crippen LogP contribution in [0, 0.1) is 19.3 Å². The fourth-order valence-corrected chi connectivity index (χ4v) is 1.54. The first-order chi connectivity index (χ1) is 7.15. The summed E-state index contributed by atoms with van der Waals surface area (Å²) >= 11 is 0. The lowest BCUT2D eigenvalue weighted by Gasteiger charge is -2.13. The summed E-state index contributed by atoms with van der Waals surface area (Å²) in [5.41, 5.74) is 8.00. The Labute approximate surface area is 91.4 Å². The van der Waals surface area contributed by atoms with Crippen LogP contribution in [0.2, 0.25) is 0 Å². The molecule has 0 saturated carbocycles. The minimum Gasteiger partial charge on any atom is -0.480 e. The maximum atomic E-state index is 5.78. The second kappa shape index (κ2) is 5.43. The number of hydrogen-bond donors (Lipinski definition) is 1. The summed E-state index contributed by atoms with van der Waals surface area (Å²) in [6.45, 7) is 4.29. The number of rotatable bonds is 4. The van der Waals surface area contributed by atoms with Gasteiger partial charge in [0.2, 0.25) is 0 Å². The van der Waals surface area contributed by atoms with Crippen LogP contribution in [0.5, 0.6) is 5.75 Å². The first-order valence-electron chi connectivity index (χ1n) is 5.05. The van der Waals surface area contributed by atoms with Crippen molar-refractivity contribution in [2.75, 3.05) is 6.61 Å². The van der Waals surface area contributed by atoms with Crippen molar-refractivity contribution in [2.45, 2.75) is 26.3 Å². The average molecular weight is 203 g/mol. The Kier molecular flexibility index (Phi) is 4.20. The van der Waals surface area contributed by atoms with Crippen molar-refractivity contribution in [1.82, 2.24) is 0 Å². The molecule has 1 unspecified atom stereocenters. The van der Waals surface area contributed by atoms with Gasteiger partial charge >= 0.3 is 0 Å². The second-order valence-corrected chi connectivity index (χ2v) is 3.74. The molecule has 0 aliphatic heterocycles. The second-order valence-electron chi connectivity index (χ2n) is 3.74. The number of aryl methyl sites for hydroxylation is 1. The lowest BCUT2D eigenvalue weighted by atomic mass is 10.0. The molecule has 0 spiro atoms. The Morgan fingerprint density at radius 3 is 2.87 bits per heavy atom. The third kappa shape index (κ3) is 3.30. The molecule has 0 bridgehead atoms. The fourth-order valence-electron chi connectivity index (χ4n) is 1.54. The average Bonchev–Trinajstić information content (AvgIpc) is 2.16. The van der Waals surface area contributed by atoms with Gasteiger partial charge in [-0.25, -0.2) is 0 Å². The van der Waals surface area contributed by atoms with Crippen LogP contribution >= 0.6 is 0 Å². The summed E-state index contributed by atoms with van der Waals surface area (Å²) in [6.07, 6.45) is 5.99. The number of ether oxygens (including phenoxy) is 1. The molecule has 0 aliphatic rings. The maximum absolute atomic E-state index is 5.78. The molecule has 1 rings (SSSR count). The Bertz CT molecular complexity index is 363. The van der Waals surface area contributed by atoms with Gasteiger partial charge in [0.15, 0.2) is 0 Å². The van der Waals surface area contributed by atoms with Gasteiger partial charge in [0, 0.05) is 6.04 Å². The molecule has 2 nitrogen and oxygen atoms in total. The summed E-state index contributed by atoms with van der Waals surface area (Å²) in [7, 11) is 0. The van der Waals surface area contributed by atoms with E-state index in [0.717, 1.165) is 23.3 Å². The number of benzene rings is 1. The van der Waals surface area contributed by atoms with Gasteiger partial charge in [0.1, 0.15) is 12.4 Å². The molecule has 2 N–H and O–H groups in total. The quantitative estimate of drug-likeness (QED) is 0.758. The van der Waals surface area contributed by atoms with Crippen molar-refractivity contribution in [3.8, 4) is 18.1 Å². The van der Waals surface area contributed by atoms with Crippen molar-refractivity contribution < 1.29 is 4.74 Å². The third-order valence-electron chi connectivity index (χ3n) is 2.14. The molecule has 0 heterocycles. The smallest absolute Gasteiger partial charge is 0.148 e. The van der Waals surface area contributed by atoms with Crippen LogP contribution in [-0.2, 0) is 6.42 Å². The standard InChI is InChI=1S/C13H17NO/c1-4-8-15-13-10(2)6-5-7-12(13)9-11(3)14/h1,5-7,11H,8-9,14H2,2-3H3. The van der Waals surface area contributed by atoms with Crippen molar-refractivity contribution in [3.05, 3.63) is 29.3 Å². The van der Waals surface area contributed by atoms with Gasteiger partial charge in [-0.05, 0) is 31.4 Å². The van der Waals surface area contributed by atoms with E-state index in [1.54, 1.807) is 0 Å². The van der Waals surface area contributed by atoms with Gasteiger partial charge in [-0.1, -0.05) is 24.1 Å². The molecular formula is C13H17NO. The van der Waals surface area contributed by atoms with Crippen LogP contribution in [-0.4, -0.2) is 12.6 Å². The Balaban J connectivity index is 2.93. The zero-order valence-electron chi connectivity index (χ0n) is 9.29. The highest BCUT2D eigenvalue weighted by Crippen LogP contribution is 2.24. The SMILES string of the molecule is C#CCOc1c(C)cccc1CC(C)N. The van der Waals surface area contributed by atoms with Crippen LogP contribution in [0.3, 0.4) is 0 Å². The molecule has 80 valence electrons. The normalized spacial score (nSPS) is 11.9. The largest absolute Gasteiger partial charge is 0.480 e. The molecule has 2 heteroatoms. The minimum absolute atomic E-state index is 0.125. The van der Waals surface area contributed by atoms with E-state index in [-0.39, 0.29) is 6.04 Å². The summed E-state index contributed by atoms with van der Waals surface area (Å²) < 4.78 is 5.53. The zero-order chi connectivity index (χ0) is 11.3. The summed E-state index contributed by atoms with van der Waals surface area (Å²) in [4.78, 5) is 0. The van der Waals surface area contributed by atoms with Crippen LogP contribution in [0.15, 0.2) is 18.2 Å². The molecule has 0 amide bonds. The third-order valence-corrected chi connectivity index (χ3v) is 2.14. The molecule has 15 heavy (non-hydrogen) atoms. The summed E-state index contributed by atoms with van der Waals surface area (Å²) in [5, 5.41) is 0. The summed E-state index contributed by atoms with van der Waals surface area (Å²) in [5.74, 6) is 3.35. The number of terminal acetylenes is 1. The van der Waals surface area contributed by atoms with E-state index in [9.17, 15) is 0 Å². The van der Waals surface area contributed by atoms with Crippen LogP contribution in [0.25, 0.3) is 0 Å². The number of para-hydroxylation sites is 1. The molecule has 0 aliphatic carbocycles. The van der Waals surface area contributed by atoms with Gasteiger partial charge in [-0.15, -0.1) is 6.42 Å². The number of nitrogens with two attached hydrogens (primary N) is 1. The van der Waals surface area contributed by atoms with E-state index in [0.29, 0.717) is 6.61 Å². The molecule has 1 aromatic rings. The topological polar surface area (TPSA) is 35.2 Å². The molecule has 0 fully saturated rings. The Morgan fingerprint density at radius 2 is 2.27 bits per heavy atom. The van der Waals surface area contributed by atoms with E-state index in [1.807, 2.05) is 32.0 Å². The van der Waals surface area contributed by atoms with Gasteiger partial charge in [0.25, 0.3) is 0 Å². The number of hydrogen-bond acceptors (Lipinski definition) is 2. The van der Waals surface area contributed by atoms with Gasteiger partial charge in [-0.2, -0.15) is 0 Å². The van der Waals surface area contributed by atoms with Crippen LogP contribution < -0.4 is 10.5 Å². The Morgan fingerprint density at radius 1 is 1.53 bits per heavy atom. The van der Waals surface area contributed by atoms with Crippen molar-refractivity contribution >= 4 is 0 Å². The molecule has 0 aromatic heterocycles. The van der Waals surface area contributed by atoms with Crippen molar-refractivity contribution in [1.29, 1.82) is 0 Å². The molecule has 0 radical (unpaired) electrons. The first-order valence-corrected chi connectivity index (χ1v) is 5.05. The zero-order valence-corrected chi connectivity index (χ0v) is 9.29. The fraction of sp³-hybridized carbons (Fsp3) is 0.385. The van der Waals surface area contributed by atoms with E-state index in [1.165, 1.54) is 0 Å². The first kappa shape index (κ1) is 11.6. The summed E-state index contributed by atoms with van der Waals surface area (Å²) in [6, 6.07) is 6.18. The predicted molar refractivity (Wildman–Crippen MR) is 62.9 cm³/mol. The highest BCUT2D eigenvalue weighted by Gasteiger charge is 2.08. The lowest BCUT2D eigenvalue weighted by molar-refractivity contribution is 0.362. The molecular weight excluding hydrogens is 186 g/mol. The van der Waals surface area contributed by atoms with Crippen molar-refractivity contribution in [3.63, 3.8) is 0 Å². The van der Waals surface area contributed by atoms with E-state index < -0.39 is 0 Å². The lowest BCUT2D eigenvalue weighted by Crippen LogP contribution is -2.18. The molecule has 0 saturated heterocycles. The van der Waals surface area contributed by atoms with Crippen molar-refractivity contribution in [2.24, 2.45) is 5.73 Å². The minimum atomic E-state index is 0.125. The Hall–Kier alpha value is -1.46. The van der Waals surface area contributed by atoms with E-state index in [4.69, 9.17) is 16.9 Å². The van der Waals surface area contributed by atoms with Gasteiger partial charge in [-0.3, -0.25) is 0 Å². The maximum Gasteiger partial charge on any atom is 0.148 e. The van der Waals surface area contributed by atoms with E-state index >= 15 is 0 Å². The highest BCUT2D eigenvalue weighted by molar-refractivity contribution is 5.41. The molecule has 1 aromatic carbocycles. The van der Waals surface area contributed by atoms with Crippen LogP contribution in [0.4, 0.5) is 0 Å². The monoisotopic (exact) mass is 203 g/mol. The molecule has 1 atom stereocenters. The van der Waals surface area contributed by atoms with Crippen LogP contribution in [0.1, 0.15) is 18.1 Å². The van der Waals surface area contributed by atoms with Gasteiger partial charge < -0.3 is 10.5 Å². The highest BCUT2D eigenvalue weighted by atomic mass is 16.5. The predicted octanol–water partition coefficient (Wildman–Crippen LogP) is 1.90. The van der Waals surface area contributed by atoms with Gasteiger partial charge in [0.05, 0.1) is 0 Å².